The molecule has 7 nitrogen and oxygen atoms in total. The van der Waals surface area contributed by atoms with Crippen molar-refractivity contribution < 1.29 is 22.1 Å². The van der Waals surface area contributed by atoms with Crippen LogP contribution in [0.25, 0.3) is 88.5 Å². The molecule has 4 aromatic carbocycles. The van der Waals surface area contributed by atoms with Gasteiger partial charge in [-0.3, -0.25) is 0 Å². The quantitative estimate of drug-likeness (QED) is 0.131. The predicted octanol–water partition coefficient (Wildman–Crippen LogP) is 11.1. The van der Waals surface area contributed by atoms with Gasteiger partial charge >= 0.3 is 11.3 Å². The lowest BCUT2D eigenvalue weighted by molar-refractivity contribution is 0.550. The molecule has 9 aromatic rings. The number of aryl methyl sites for hydroxylation is 4. The smallest absolute Gasteiger partial charge is 0.347 e. The minimum absolute atomic E-state index is 0.316. The standard InChI is InChI=1S/C42H32O7/c1-5-7-23-9-13-27-25(17-23)11-15-29-35(27)21(3)37(41(43)48-29)31-19-33-39(46-31)40-34(45-33)20-32(47-40)38-22(4)36-28-14-10-24(8-6-2)18-26(28)12-16-30(36)49-42(38)44/h9-20H,5-8H2,1-4H3. The maximum Gasteiger partial charge on any atom is 0.347 e. The monoisotopic (exact) mass is 648 g/mol. The Morgan fingerprint density at radius 1 is 0.490 bits per heavy atom. The molecule has 0 unspecified atom stereocenters. The lowest BCUT2D eigenvalue weighted by atomic mass is 9.96. The summed E-state index contributed by atoms with van der Waals surface area (Å²) in [6.45, 7) is 8.15. The zero-order chi connectivity index (χ0) is 33.6. The summed E-state index contributed by atoms with van der Waals surface area (Å²) in [5.74, 6) is 0.633. The second-order valence-corrected chi connectivity index (χ2v) is 13.0. The molecule has 0 spiro atoms. The van der Waals surface area contributed by atoms with Crippen LogP contribution < -0.4 is 11.3 Å². The summed E-state index contributed by atoms with van der Waals surface area (Å²) in [5.41, 5.74) is 6.26. The molecular formula is C42H32O7. The second-order valence-electron chi connectivity index (χ2n) is 13.0. The fourth-order valence-corrected chi connectivity index (χ4v) is 7.56. The number of furan rings is 3. The Labute approximate surface area is 279 Å². The van der Waals surface area contributed by atoms with Gasteiger partial charge in [0.15, 0.2) is 11.2 Å². The molecule has 0 atom stereocenters. The molecule has 0 aliphatic heterocycles. The van der Waals surface area contributed by atoms with Gasteiger partial charge in [-0.1, -0.05) is 75.2 Å². The molecule has 5 aromatic heterocycles. The van der Waals surface area contributed by atoms with Gasteiger partial charge in [0.1, 0.15) is 33.8 Å². The molecule has 0 aliphatic rings. The second kappa shape index (κ2) is 10.9. The van der Waals surface area contributed by atoms with Crippen LogP contribution in [0, 0.1) is 13.8 Å². The summed E-state index contributed by atoms with van der Waals surface area (Å²) in [4.78, 5) is 26.8. The van der Waals surface area contributed by atoms with Gasteiger partial charge in [-0.05, 0) is 82.6 Å². The average Bonchev–Trinajstić information content (AvgIpc) is 3.76. The predicted molar refractivity (Wildman–Crippen MR) is 194 cm³/mol. The molecule has 0 radical (unpaired) electrons. The van der Waals surface area contributed by atoms with E-state index >= 15 is 0 Å². The number of hydrogen-bond acceptors (Lipinski definition) is 7. The van der Waals surface area contributed by atoms with Crippen molar-refractivity contribution in [2.24, 2.45) is 0 Å². The Kier molecular flexibility index (Phi) is 6.50. The van der Waals surface area contributed by atoms with Crippen molar-refractivity contribution in [1.82, 2.24) is 0 Å². The summed E-state index contributed by atoms with van der Waals surface area (Å²) in [6.07, 6.45) is 4.12. The van der Waals surface area contributed by atoms with Crippen LogP contribution in [-0.4, -0.2) is 0 Å². The van der Waals surface area contributed by atoms with Crippen LogP contribution in [0.4, 0.5) is 0 Å². The fraction of sp³-hybridized carbons (Fsp3) is 0.190. The summed E-state index contributed by atoms with van der Waals surface area (Å²) in [7, 11) is 0. The van der Waals surface area contributed by atoms with Crippen molar-refractivity contribution in [2.45, 2.75) is 53.4 Å². The molecule has 5 heterocycles. The van der Waals surface area contributed by atoms with E-state index in [4.69, 9.17) is 22.1 Å². The Balaban J connectivity index is 1.18. The topological polar surface area (TPSA) is 99.8 Å². The van der Waals surface area contributed by atoms with Crippen molar-refractivity contribution in [2.75, 3.05) is 0 Å². The van der Waals surface area contributed by atoms with E-state index in [2.05, 4.69) is 50.2 Å². The van der Waals surface area contributed by atoms with E-state index < -0.39 is 11.3 Å². The molecule has 7 heteroatoms. The minimum Gasteiger partial charge on any atom is -0.449 e. The lowest BCUT2D eigenvalue weighted by Crippen LogP contribution is -2.05. The molecule has 0 bridgehead atoms. The maximum absolute atomic E-state index is 13.4. The van der Waals surface area contributed by atoms with Crippen molar-refractivity contribution in [3.05, 3.63) is 116 Å². The highest BCUT2D eigenvalue weighted by Gasteiger charge is 2.26. The number of benzene rings is 4. The summed E-state index contributed by atoms with van der Waals surface area (Å²) in [6, 6.07) is 23.9. The van der Waals surface area contributed by atoms with Gasteiger partial charge in [0.2, 0.25) is 11.2 Å². The van der Waals surface area contributed by atoms with E-state index in [1.807, 2.05) is 38.1 Å². The molecular weight excluding hydrogens is 616 g/mol. The number of hydrogen-bond donors (Lipinski definition) is 0. The maximum atomic E-state index is 13.4. The van der Waals surface area contributed by atoms with Crippen molar-refractivity contribution >= 4 is 65.8 Å². The molecule has 0 saturated heterocycles. The normalized spacial score (nSPS) is 12.2. The van der Waals surface area contributed by atoms with Crippen LogP contribution in [0.3, 0.4) is 0 Å². The first-order chi connectivity index (χ1) is 23.8. The third-order valence-electron chi connectivity index (χ3n) is 9.80. The van der Waals surface area contributed by atoms with Gasteiger partial charge in [0, 0.05) is 22.9 Å². The molecule has 0 amide bonds. The van der Waals surface area contributed by atoms with Crippen molar-refractivity contribution in [3.8, 4) is 22.6 Å². The van der Waals surface area contributed by atoms with Crippen LogP contribution in [0.2, 0.25) is 0 Å². The lowest BCUT2D eigenvalue weighted by Gasteiger charge is -2.10. The third-order valence-corrected chi connectivity index (χ3v) is 9.80. The summed E-state index contributed by atoms with van der Waals surface area (Å²) < 4.78 is 30.4. The number of fused-ring (bicyclic) bond motifs is 9. The molecule has 0 N–H and O–H groups in total. The van der Waals surface area contributed by atoms with Crippen LogP contribution in [0.15, 0.2) is 104 Å². The third kappa shape index (κ3) is 4.42. The van der Waals surface area contributed by atoms with Gasteiger partial charge in [0.25, 0.3) is 0 Å². The Hall–Kier alpha value is -5.82. The van der Waals surface area contributed by atoms with Gasteiger partial charge in [-0.2, -0.15) is 0 Å². The molecule has 9 rings (SSSR count). The van der Waals surface area contributed by atoms with E-state index in [-0.39, 0.29) is 0 Å². The van der Waals surface area contributed by atoms with Crippen LogP contribution in [0.1, 0.15) is 48.9 Å². The molecule has 49 heavy (non-hydrogen) atoms. The summed E-state index contributed by atoms with van der Waals surface area (Å²) in [5, 5.41) is 5.91. The van der Waals surface area contributed by atoms with Gasteiger partial charge in [-0.25, -0.2) is 9.59 Å². The van der Waals surface area contributed by atoms with E-state index in [0.717, 1.165) is 69.1 Å². The Bertz CT molecular complexity index is 2720. The molecule has 0 fully saturated rings. The van der Waals surface area contributed by atoms with E-state index in [1.54, 1.807) is 12.1 Å². The zero-order valence-corrected chi connectivity index (χ0v) is 27.6. The molecule has 242 valence electrons. The van der Waals surface area contributed by atoms with E-state index in [0.29, 0.717) is 56.1 Å². The first-order valence-corrected chi connectivity index (χ1v) is 16.8. The highest BCUT2D eigenvalue weighted by atomic mass is 16.4. The van der Waals surface area contributed by atoms with Crippen LogP contribution >= 0.6 is 0 Å². The van der Waals surface area contributed by atoms with E-state index in [9.17, 15) is 9.59 Å². The SMILES string of the molecule is CCCc1ccc2c(ccc3oc(=O)c(-c4cc5oc6cc(-c7c(C)c8c(ccc9cc(CCC)ccc98)oc7=O)oc6c5o4)c(C)c32)c1. The van der Waals surface area contributed by atoms with Crippen molar-refractivity contribution in [1.29, 1.82) is 0 Å². The first-order valence-electron chi connectivity index (χ1n) is 16.8. The van der Waals surface area contributed by atoms with Gasteiger partial charge in [-0.15, -0.1) is 0 Å². The fourth-order valence-electron chi connectivity index (χ4n) is 7.56. The van der Waals surface area contributed by atoms with E-state index in [1.165, 1.54) is 11.1 Å². The average molecular weight is 649 g/mol. The molecule has 0 aliphatic carbocycles. The van der Waals surface area contributed by atoms with Crippen LogP contribution in [-0.2, 0) is 12.8 Å². The highest BCUT2D eigenvalue weighted by molar-refractivity contribution is 6.10. The highest BCUT2D eigenvalue weighted by Crippen LogP contribution is 2.41. The number of rotatable bonds is 6. The first kappa shape index (κ1) is 29.3. The largest absolute Gasteiger partial charge is 0.449 e. The molecule has 0 saturated carbocycles. The Morgan fingerprint density at radius 2 is 0.939 bits per heavy atom. The minimum atomic E-state index is -0.502. The zero-order valence-electron chi connectivity index (χ0n) is 27.6. The van der Waals surface area contributed by atoms with Gasteiger partial charge in [0.05, 0.1) is 0 Å². The van der Waals surface area contributed by atoms with Crippen LogP contribution in [0.5, 0.6) is 0 Å². The Morgan fingerprint density at radius 3 is 1.37 bits per heavy atom. The van der Waals surface area contributed by atoms with Crippen molar-refractivity contribution in [3.63, 3.8) is 0 Å². The van der Waals surface area contributed by atoms with Gasteiger partial charge < -0.3 is 22.1 Å². The summed E-state index contributed by atoms with van der Waals surface area (Å²) >= 11 is 0.